The predicted molar refractivity (Wildman–Crippen MR) is 94.4 cm³/mol. The van der Waals surface area contributed by atoms with E-state index >= 15 is 0 Å². The quantitative estimate of drug-likeness (QED) is 0.695. The third-order valence-electron chi connectivity index (χ3n) is 7.41. The van der Waals surface area contributed by atoms with Crippen molar-refractivity contribution in [3.63, 3.8) is 0 Å². The zero-order chi connectivity index (χ0) is 16.2. The van der Waals surface area contributed by atoms with Gasteiger partial charge in [0.1, 0.15) is 0 Å². The van der Waals surface area contributed by atoms with Gasteiger partial charge in [0.25, 0.3) is 0 Å². The van der Waals surface area contributed by atoms with Gasteiger partial charge < -0.3 is 5.11 Å². The van der Waals surface area contributed by atoms with Crippen LogP contribution in [0, 0.1) is 36.0 Å². The molecular formula is C22H28O. The molecule has 0 bridgehead atoms. The molecule has 23 heavy (non-hydrogen) atoms. The van der Waals surface area contributed by atoms with Gasteiger partial charge in [0, 0.05) is 5.56 Å². The molecule has 0 heterocycles. The number of aliphatic hydroxyl groups is 1. The monoisotopic (exact) mass is 308 g/mol. The van der Waals surface area contributed by atoms with Gasteiger partial charge in [0.15, 0.2) is 0 Å². The molecule has 3 aliphatic carbocycles. The van der Waals surface area contributed by atoms with Crippen LogP contribution in [0.25, 0.3) is 0 Å². The lowest BCUT2D eigenvalue weighted by Gasteiger charge is -2.50. The van der Waals surface area contributed by atoms with E-state index in [0.717, 1.165) is 18.3 Å². The van der Waals surface area contributed by atoms with Gasteiger partial charge in [-0.15, -0.1) is 5.92 Å². The molecule has 122 valence electrons. The molecule has 0 spiro atoms. The van der Waals surface area contributed by atoms with E-state index in [1.165, 1.54) is 43.2 Å². The van der Waals surface area contributed by atoms with Crippen LogP contribution in [0.2, 0.25) is 0 Å². The van der Waals surface area contributed by atoms with Crippen molar-refractivity contribution in [2.45, 2.75) is 71.3 Å². The Kier molecular flexibility index (Phi) is 3.58. The molecule has 3 aliphatic rings. The maximum Gasteiger partial charge on any atom is 0.0596 e. The molecule has 2 fully saturated rings. The Hall–Kier alpha value is -1.26. The van der Waals surface area contributed by atoms with Crippen molar-refractivity contribution >= 4 is 0 Å². The molecular weight excluding hydrogens is 280 g/mol. The van der Waals surface area contributed by atoms with Crippen LogP contribution in [0.3, 0.4) is 0 Å². The number of rotatable bonds is 0. The van der Waals surface area contributed by atoms with E-state index in [-0.39, 0.29) is 11.5 Å². The van der Waals surface area contributed by atoms with Gasteiger partial charge in [-0.3, -0.25) is 0 Å². The third-order valence-corrected chi connectivity index (χ3v) is 7.41. The molecule has 0 amide bonds. The standard InChI is InChI=1S/C22H28O/c1-4-5-15-6-7-17-16(14(15)2)8-9-19-18(17)12-13-22(3)20(19)10-11-21(22)23/h6-7,18-21,23H,8-13H2,1-3H3/t18?,19?,20?,21-,22-/m0/s1. The molecule has 3 unspecified atom stereocenters. The highest BCUT2D eigenvalue weighted by atomic mass is 16.3. The molecule has 1 N–H and O–H groups in total. The molecule has 0 saturated heterocycles. The summed E-state index contributed by atoms with van der Waals surface area (Å²) in [6.07, 6.45) is 7.11. The molecule has 0 aliphatic heterocycles. The maximum absolute atomic E-state index is 10.5. The summed E-state index contributed by atoms with van der Waals surface area (Å²) >= 11 is 0. The number of fused-ring (bicyclic) bond motifs is 5. The van der Waals surface area contributed by atoms with Crippen LogP contribution in [0.15, 0.2) is 12.1 Å². The van der Waals surface area contributed by atoms with Crippen molar-refractivity contribution < 1.29 is 5.11 Å². The van der Waals surface area contributed by atoms with Crippen LogP contribution in [0.1, 0.15) is 74.1 Å². The molecule has 0 aromatic heterocycles. The van der Waals surface area contributed by atoms with Crippen LogP contribution < -0.4 is 0 Å². The van der Waals surface area contributed by atoms with Crippen LogP contribution in [-0.2, 0) is 6.42 Å². The SMILES string of the molecule is CC#Cc1ccc2c(c1C)CCC1C2CC[C@@]2(C)C1CC[C@@H]2O. The molecule has 5 atom stereocenters. The highest BCUT2D eigenvalue weighted by Gasteiger charge is 2.54. The second-order valence-corrected chi connectivity index (χ2v) is 8.23. The number of hydrogen-bond donors (Lipinski definition) is 1. The first-order valence-electron chi connectivity index (χ1n) is 9.29. The molecule has 1 aromatic carbocycles. The van der Waals surface area contributed by atoms with E-state index in [2.05, 4.69) is 37.8 Å². The largest absolute Gasteiger partial charge is 0.393 e. The normalized spacial score (nSPS) is 38.1. The van der Waals surface area contributed by atoms with Crippen LogP contribution in [-0.4, -0.2) is 11.2 Å². The Balaban J connectivity index is 1.72. The smallest absolute Gasteiger partial charge is 0.0596 e. The van der Waals surface area contributed by atoms with E-state index < -0.39 is 0 Å². The van der Waals surface area contributed by atoms with Crippen molar-refractivity contribution in [2.24, 2.45) is 17.3 Å². The molecule has 4 rings (SSSR count). The first kappa shape index (κ1) is 15.3. The van der Waals surface area contributed by atoms with Crippen LogP contribution in [0.5, 0.6) is 0 Å². The summed E-state index contributed by atoms with van der Waals surface area (Å²) in [7, 11) is 0. The van der Waals surface area contributed by atoms with Crippen molar-refractivity contribution in [2.75, 3.05) is 0 Å². The minimum absolute atomic E-state index is 0.0706. The minimum Gasteiger partial charge on any atom is -0.393 e. The highest BCUT2D eigenvalue weighted by molar-refractivity contribution is 5.50. The molecule has 1 heteroatoms. The van der Waals surface area contributed by atoms with Crippen molar-refractivity contribution in [3.8, 4) is 11.8 Å². The Labute approximate surface area is 140 Å². The first-order chi connectivity index (χ1) is 11.1. The Morgan fingerprint density at radius 2 is 2.00 bits per heavy atom. The van der Waals surface area contributed by atoms with Crippen LogP contribution in [0.4, 0.5) is 0 Å². The van der Waals surface area contributed by atoms with E-state index in [0.29, 0.717) is 5.92 Å². The lowest BCUT2D eigenvalue weighted by atomic mass is 9.55. The molecule has 2 saturated carbocycles. The summed E-state index contributed by atoms with van der Waals surface area (Å²) < 4.78 is 0. The molecule has 1 nitrogen and oxygen atoms in total. The Bertz CT molecular complexity index is 692. The number of hydrogen-bond acceptors (Lipinski definition) is 1. The molecule has 1 aromatic rings. The minimum atomic E-state index is -0.0706. The summed E-state index contributed by atoms with van der Waals surface area (Å²) in [5.74, 6) is 8.53. The van der Waals surface area contributed by atoms with E-state index in [1.54, 1.807) is 11.1 Å². The molecule has 0 radical (unpaired) electrons. The van der Waals surface area contributed by atoms with Crippen molar-refractivity contribution in [3.05, 3.63) is 34.4 Å². The van der Waals surface area contributed by atoms with Gasteiger partial charge >= 0.3 is 0 Å². The van der Waals surface area contributed by atoms with E-state index in [1.807, 2.05) is 6.92 Å². The van der Waals surface area contributed by atoms with Gasteiger partial charge in [-0.05, 0) is 98.3 Å². The second-order valence-electron chi connectivity index (χ2n) is 8.23. The van der Waals surface area contributed by atoms with Crippen molar-refractivity contribution in [1.82, 2.24) is 0 Å². The summed E-state index contributed by atoms with van der Waals surface area (Å²) in [5.41, 5.74) is 5.98. The summed E-state index contributed by atoms with van der Waals surface area (Å²) in [5, 5.41) is 10.5. The Morgan fingerprint density at radius 3 is 2.78 bits per heavy atom. The number of aliphatic hydroxyl groups excluding tert-OH is 1. The van der Waals surface area contributed by atoms with Gasteiger partial charge in [0.2, 0.25) is 0 Å². The van der Waals surface area contributed by atoms with Gasteiger partial charge in [0.05, 0.1) is 6.10 Å². The lowest BCUT2D eigenvalue weighted by Crippen LogP contribution is -2.44. The summed E-state index contributed by atoms with van der Waals surface area (Å²) in [4.78, 5) is 0. The van der Waals surface area contributed by atoms with Crippen molar-refractivity contribution in [1.29, 1.82) is 0 Å². The fraction of sp³-hybridized carbons (Fsp3) is 0.636. The lowest BCUT2D eigenvalue weighted by molar-refractivity contribution is -0.0226. The fourth-order valence-corrected chi connectivity index (χ4v) is 6.09. The summed E-state index contributed by atoms with van der Waals surface area (Å²) in [6.45, 7) is 6.53. The van der Waals surface area contributed by atoms with Gasteiger partial charge in [-0.1, -0.05) is 18.9 Å². The topological polar surface area (TPSA) is 20.2 Å². The zero-order valence-corrected chi connectivity index (χ0v) is 14.7. The fourth-order valence-electron chi connectivity index (χ4n) is 6.09. The zero-order valence-electron chi connectivity index (χ0n) is 14.7. The average molecular weight is 308 g/mol. The summed E-state index contributed by atoms with van der Waals surface area (Å²) in [6, 6.07) is 4.61. The first-order valence-corrected chi connectivity index (χ1v) is 9.29. The Morgan fingerprint density at radius 1 is 1.17 bits per heavy atom. The third kappa shape index (κ3) is 2.11. The highest BCUT2D eigenvalue weighted by Crippen LogP contribution is 2.61. The number of benzene rings is 1. The predicted octanol–water partition coefficient (Wildman–Crippen LogP) is 4.58. The van der Waals surface area contributed by atoms with Crippen LogP contribution >= 0.6 is 0 Å². The van der Waals surface area contributed by atoms with Gasteiger partial charge in [-0.25, -0.2) is 0 Å². The van der Waals surface area contributed by atoms with E-state index in [9.17, 15) is 5.11 Å². The average Bonchev–Trinajstić information content (AvgIpc) is 2.85. The maximum atomic E-state index is 10.5. The van der Waals surface area contributed by atoms with E-state index in [4.69, 9.17) is 0 Å². The second kappa shape index (κ2) is 5.38. The van der Waals surface area contributed by atoms with Gasteiger partial charge in [-0.2, -0.15) is 0 Å².